The number of aromatic nitrogens is 2. The summed E-state index contributed by atoms with van der Waals surface area (Å²) in [4.78, 5) is 28.1. The van der Waals surface area contributed by atoms with Crippen LogP contribution in [0.25, 0.3) is 32.6 Å². The van der Waals surface area contributed by atoms with Crippen LogP contribution in [0.4, 0.5) is 9.93 Å². The van der Waals surface area contributed by atoms with Gasteiger partial charge in [-0.25, -0.2) is 9.78 Å². The maximum absolute atomic E-state index is 12.0. The summed E-state index contributed by atoms with van der Waals surface area (Å²) in [5.41, 5.74) is 4.74. The minimum absolute atomic E-state index is 0.262. The van der Waals surface area contributed by atoms with Gasteiger partial charge in [-0.2, -0.15) is 0 Å². The summed E-state index contributed by atoms with van der Waals surface area (Å²) in [5.74, 6) is 0. The van der Waals surface area contributed by atoms with Gasteiger partial charge in [-0.15, -0.1) is 0 Å². The Hall–Kier alpha value is -3.62. The van der Waals surface area contributed by atoms with E-state index in [0.717, 1.165) is 51.0 Å². The van der Waals surface area contributed by atoms with E-state index in [9.17, 15) is 4.79 Å². The van der Waals surface area contributed by atoms with Gasteiger partial charge in [0.2, 0.25) is 0 Å². The molecule has 0 aliphatic rings. The Morgan fingerprint density at radius 3 is 2.71 bits per heavy atom. The van der Waals surface area contributed by atoms with Crippen LogP contribution < -0.4 is 16.0 Å². The first-order valence-electron chi connectivity index (χ1n) is 11.2. The van der Waals surface area contributed by atoms with Crippen molar-refractivity contribution in [3.63, 3.8) is 0 Å². The average Bonchev–Trinajstić information content (AvgIpc) is 3.07. The first kappa shape index (κ1) is 23.5. The van der Waals surface area contributed by atoms with Gasteiger partial charge < -0.3 is 10.2 Å². The highest BCUT2D eigenvalue weighted by atomic mass is 32.1. The highest BCUT2D eigenvalue weighted by Gasteiger charge is 2.15. The van der Waals surface area contributed by atoms with Crippen LogP contribution in [-0.4, -0.2) is 54.6 Å². The Kier molecular flexibility index (Phi) is 7.61. The summed E-state index contributed by atoms with van der Waals surface area (Å²) in [7, 11) is 4.09. The number of urea groups is 1. The number of fused-ring (bicyclic) bond motifs is 1. The smallest absolute Gasteiger partial charge is 0.321 e. The minimum atomic E-state index is -0.262. The second-order valence-corrected chi connectivity index (χ2v) is 9.01. The van der Waals surface area contributed by atoms with E-state index in [4.69, 9.17) is 4.98 Å². The lowest BCUT2D eigenvalue weighted by Gasteiger charge is -2.06. The molecular weight excluding hydrogens is 444 g/mol. The van der Waals surface area contributed by atoms with Crippen molar-refractivity contribution in [3.8, 4) is 22.4 Å². The van der Waals surface area contributed by atoms with Gasteiger partial charge in [-0.05, 0) is 68.5 Å². The molecule has 2 N–H and O–H groups in total. The van der Waals surface area contributed by atoms with E-state index in [1.54, 1.807) is 6.20 Å². The highest BCUT2D eigenvalue weighted by Crippen LogP contribution is 2.37. The summed E-state index contributed by atoms with van der Waals surface area (Å²) in [6.45, 7) is 4.09. The molecule has 0 unspecified atom stereocenters. The monoisotopic (exact) mass is 472 g/mol. The van der Waals surface area contributed by atoms with Crippen LogP contribution in [0.3, 0.4) is 0 Å². The fourth-order valence-electron chi connectivity index (χ4n) is 3.48. The number of hydrogen-bond donors (Lipinski definition) is 2. The first-order valence-corrected chi connectivity index (χ1v) is 12.0. The second-order valence-electron chi connectivity index (χ2n) is 8.01. The van der Waals surface area contributed by atoms with E-state index in [0.29, 0.717) is 11.7 Å². The van der Waals surface area contributed by atoms with E-state index in [2.05, 4.69) is 49.8 Å². The van der Waals surface area contributed by atoms with Crippen LogP contribution in [0.5, 0.6) is 0 Å². The molecule has 34 heavy (non-hydrogen) atoms. The van der Waals surface area contributed by atoms with Gasteiger partial charge in [0.25, 0.3) is 0 Å². The van der Waals surface area contributed by atoms with E-state index in [1.165, 1.54) is 11.3 Å². The van der Waals surface area contributed by atoms with Gasteiger partial charge in [0.1, 0.15) is 0 Å². The van der Waals surface area contributed by atoms with Gasteiger partial charge in [-0.3, -0.25) is 15.3 Å². The number of rotatable bonds is 7. The molecule has 0 spiro atoms. The third-order valence-corrected chi connectivity index (χ3v) is 6.16. The number of likely N-dealkylation sites (N-methyl/N-ethyl adjacent to an activating group) is 1. The third-order valence-electron chi connectivity index (χ3n) is 5.14. The van der Waals surface area contributed by atoms with Crippen molar-refractivity contribution in [3.05, 3.63) is 72.2 Å². The fourth-order valence-corrected chi connectivity index (χ4v) is 4.44. The number of nitrogens with one attached hydrogen (secondary N) is 2. The number of amides is 2. The molecule has 2 aromatic carbocycles. The van der Waals surface area contributed by atoms with E-state index >= 15 is 0 Å². The Morgan fingerprint density at radius 2 is 1.94 bits per heavy atom. The van der Waals surface area contributed by atoms with E-state index in [-0.39, 0.29) is 6.03 Å². The molecule has 0 fully saturated rings. The van der Waals surface area contributed by atoms with Crippen LogP contribution >= 0.6 is 11.3 Å². The predicted octanol–water partition coefficient (Wildman–Crippen LogP) is 4.63. The molecule has 0 aliphatic heterocycles. The van der Waals surface area contributed by atoms with Crippen LogP contribution in [0.15, 0.2) is 71.9 Å². The quantitative estimate of drug-likeness (QED) is 0.411. The number of pyridine rings is 1. The molecule has 0 bridgehead atoms. The molecule has 4 rings (SSSR count). The number of hydrogen-bond acceptors (Lipinski definition) is 6. The minimum Gasteiger partial charge on any atom is -0.338 e. The molecule has 2 heterocycles. The fraction of sp³-hybridized carbons (Fsp3) is 0.231. The maximum Gasteiger partial charge on any atom is 0.321 e. The van der Waals surface area contributed by atoms with E-state index < -0.39 is 0 Å². The Balaban J connectivity index is 1.77. The molecule has 7 nitrogen and oxygen atoms in total. The zero-order valence-corrected chi connectivity index (χ0v) is 20.4. The summed E-state index contributed by atoms with van der Waals surface area (Å²) in [6, 6.07) is 20.0. The topological polar surface area (TPSA) is 82.5 Å². The molecule has 0 saturated heterocycles. The Labute approximate surface area is 203 Å². The molecule has 0 saturated carbocycles. The van der Waals surface area contributed by atoms with Crippen molar-refractivity contribution in [2.45, 2.75) is 6.92 Å². The van der Waals surface area contributed by atoms with Crippen LogP contribution in [-0.2, 0) is 0 Å². The van der Waals surface area contributed by atoms with Gasteiger partial charge >= 0.3 is 6.03 Å². The molecule has 2 amide bonds. The van der Waals surface area contributed by atoms with Gasteiger partial charge in [0.05, 0.1) is 27.8 Å². The van der Waals surface area contributed by atoms with Crippen molar-refractivity contribution in [1.29, 1.82) is 0 Å². The van der Waals surface area contributed by atoms with Crippen molar-refractivity contribution >= 4 is 32.7 Å². The summed E-state index contributed by atoms with van der Waals surface area (Å²) in [5, 5.41) is 7.07. The van der Waals surface area contributed by atoms with Crippen LogP contribution in [0.2, 0.25) is 0 Å². The molecule has 0 radical (unpaired) electrons. The lowest BCUT2D eigenvalue weighted by atomic mass is 10.0. The summed E-state index contributed by atoms with van der Waals surface area (Å²) < 4.78 is 0.980. The SMILES string of the molecule is CCNC(=O)Nc1nc2cc(-c3cccc(=NCCN(C)C)cc3)cc(-c3ccccn3)c2s1. The van der Waals surface area contributed by atoms with Crippen molar-refractivity contribution < 1.29 is 4.79 Å². The Bertz CT molecular complexity index is 1350. The number of carbonyl (C=O) groups is 1. The summed E-state index contributed by atoms with van der Waals surface area (Å²) >= 11 is 1.45. The van der Waals surface area contributed by atoms with Crippen LogP contribution in [0.1, 0.15) is 6.92 Å². The highest BCUT2D eigenvalue weighted by molar-refractivity contribution is 7.22. The predicted molar refractivity (Wildman–Crippen MR) is 140 cm³/mol. The second kappa shape index (κ2) is 11.0. The van der Waals surface area contributed by atoms with Gasteiger partial charge in [0, 0.05) is 24.8 Å². The molecule has 8 heteroatoms. The molecule has 0 atom stereocenters. The normalized spacial score (nSPS) is 11.7. The zero-order chi connectivity index (χ0) is 23.9. The number of benzene rings is 1. The van der Waals surface area contributed by atoms with Crippen molar-refractivity contribution in [1.82, 2.24) is 20.2 Å². The molecule has 2 aromatic heterocycles. The standard InChI is InChI=1S/C26H28N6OS/c1-4-27-25(33)31-26-30-23-17-19(16-21(24(23)34-26)22-10-5-6-13-29-22)18-8-7-9-20(12-11-18)28-14-15-32(2)3/h5-13,16-17H,4,14-15H2,1-3H3,(H2,27,30,31,33). The largest absolute Gasteiger partial charge is 0.338 e. The zero-order valence-electron chi connectivity index (χ0n) is 19.6. The average molecular weight is 473 g/mol. The first-order chi connectivity index (χ1) is 16.5. The lowest BCUT2D eigenvalue weighted by Crippen LogP contribution is -2.28. The molecular formula is C26H28N6OS. The molecule has 174 valence electrons. The molecule has 0 aliphatic carbocycles. The molecule has 4 aromatic rings. The number of carbonyl (C=O) groups excluding carboxylic acids is 1. The van der Waals surface area contributed by atoms with Gasteiger partial charge in [0.15, 0.2) is 5.13 Å². The third kappa shape index (κ3) is 5.84. The maximum atomic E-state index is 12.0. The van der Waals surface area contributed by atoms with Crippen LogP contribution in [0, 0.1) is 0 Å². The van der Waals surface area contributed by atoms with Crippen molar-refractivity contribution in [2.24, 2.45) is 4.99 Å². The summed E-state index contributed by atoms with van der Waals surface area (Å²) in [6.07, 6.45) is 1.78. The number of nitrogens with zero attached hydrogens (tertiary/aromatic N) is 4. The number of anilines is 1. The van der Waals surface area contributed by atoms with Gasteiger partial charge in [-0.1, -0.05) is 35.6 Å². The lowest BCUT2D eigenvalue weighted by molar-refractivity contribution is 0.252. The number of thiazole rings is 1. The Morgan fingerprint density at radius 1 is 1.06 bits per heavy atom. The van der Waals surface area contributed by atoms with Crippen molar-refractivity contribution in [2.75, 3.05) is 39.0 Å². The van der Waals surface area contributed by atoms with E-state index in [1.807, 2.05) is 57.4 Å².